The molecule has 22 heavy (non-hydrogen) atoms. The fourth-order valence-corrected chi connectivity index (χ4v) is 7.73. The molecular weight excluding hydrogens is 268 g/mol. The van der Waals surface area contributed by atoms with Crippen molar-refractivity contribution in [2.75, 3.05) is 13.7 Å². The molecule has 0 spiro atoms. The van der Waals surface area contributed by atoms with E-state index < -0.39 is 0 Å². The predicted molar refractivity (Wildman–Crippen MR) is 91.7 cm³/mol. The molecule has 4 aliphatic carbocycles. The van der Waals surface area contributed by atoms with Crippen LogP contribution in [0.4, 0.5) is 0 Å². The Labute approximate surface area is 137 Å². The number of methoxy groups -OCH3 is 1. The Balaban J connectivity index is 1.54. The topological polar surface area (TPSA) is 9.23 Å². The van der Waals surface area contributed by atoms with Crippen molar-refractivity contribution in [3.8, 4) is 0 Å². The van der Waals surface area contributed by atoms with E-state index in [0.29, 0.717) is 5.41 Å². The van der Waals surface area contributed by atoms with Crippen LogP contribution in [-0.2, 0) is 4.74 Å². The van der Waals surface area contributed by atoms with Gasteiger partial charge in [0.2, 0.25) is 0 Å². The van der Waals surface area contributed by atoms with E-state index >= 15 is 0 Å². The lowest BCUT2D eigenvalue weighted by atomic mass is 9.45. The SMILES string of the molecule is COC[C@H]1CC[C@@]2(C)[C@H](CC[C@H]3[C@@H]4CCC[C@@]4(C)CC[C@@H]32)C1. The Kier molecular flexibility index (Phi) is 3.87. The van der Waals surface area contributed by atoms with Crippen LogP contribution >= 0.6 is 0 Å². The molecule has 0 aromatic heterocycles. The highest BCUT2D eigenvalue weighted by molar-refractivity contribution is 5.07. The number of hydrogen-bond acceptors (Lipinski definition) is 1. The van der Waals surface area contributed by atoms with Crippen molar-refractivity contribution in [3.63, 3.8) is 0 Å². The molecular formula is C21H36O. The fraction of sp³-hybridized carbons (Fsp3) is 1.00. The van der Waals surface area contributed by atoms with E-state index in [1.165, 1.54) is 44.9 Å². The summed E-state index contributed by atoms with van der Waals surface area (Å²) in [6.45, 7) is 6.32. The molecule has 1 nitrogen and oxygen atoms in total. The summed E-state index contributed by atoms with van der Waals surface area (Å²) < 4.78 is 5.47. The van der Waals surface area contributed by atoms with Gasteiger partial charge in [-0.3, -0.25) is 0 Å². The molecule has 4 aliphatic rings. The van der Waals surface area contributed by atoms with E-state index in [1.54, 1.807) is 19.3 Å². The van der Waals surface area contributed by atoms with Crippen LogP contribution in [0.5, 0.6) is 0 Å². The third-order valence-electron chi connectivity index (χ3n) is 8.96. The fourth-order valence-electron chi connectivity index (χ4n) is 7.73. The van der Waals surface area contributed by atoms with E-state index in [-0.39, 0.29) is 0 Å². The molecule has 0 aliphatic heterocycles. The number of hydrogen-bond donors (Lipinski definition) is 0. The van der Waals surface area contributed by atoms with Gasteiger partial charge < -0.3 is 4.74 Å². The van der Waals surface area contributed by atoms with Crippen LogP contribution in [0.1, 0.15) is 78.1 Å². The highest BCUT2D eigenvalue weighted by Crippen LogP contribution is 2.66. The van der Waals surface area contributed by atoms with Gasteiger partial charge in [0.05, 0.1) is 0 Å². The maximum Gasteiger partial charge on any atom is 0.0490 e. The second kappa shape index (κ2) is 5.50. The Morgan fingerprint density at radius 3 is 2.59 bits per heavy atom. The van der Waals surface area contributed by atoms with Gasteiger partial charge in [-0.1, -0.05) is 20.3 Å². The largest absolute Gasteiger partial charge is 0.384 e. The van der Waals surface area contributed by atoms with Crippen LogP contribution in [0.2, 0.25) is 0 Å². The van der Waals surface area contributed by atoms with Crippen LogP contribution in [-0.4, -0.2) is 13.7 Å². The molecule has 0 unspecified atom stereocenters. The first-order chi connectivity index (χ1) is 10.6. The molecule has 1 heteroatoms. The van der Waals surface area contributed by atoms with Crippen LogP contribution in [0.3, 0.4) is 0 Å². The summed E-state index contributed by atoms with van der Waals surface area (Å²) in [6, 6.07) is 0. The summed E-state index contributed by atoms with van der Waals surface area (Å²) in [7, 11) is 1.88. The summed E-state index contributed by atoms with van der Waals surface area (Å²) >= 11 is 0. The predicted octanol–water partition coefficient (Wildman–Crippen LogP) is 5.68. The molecule has 4 rings (SSSR count). The molecule has 0 radical (unpaired) electrons. The standard InChI is InChI=1S/C21H36O/c1-20-10-4-5-18(20)17-7-6-16-13-15(14-22-3)8-12-21(16,2)19(17)9-11-20/h15-19H,4-14H2,1-3H3/t15-,16+,17-,18-,19-,20-,21-/m0/s1. The third-order valence-corrected chi connectivity index (χ3v) is 8.96. The zero-order chi connectivity index (χ0) is 15.4. The van der Waals surface area contributed by atoms with Gasteiger partial charge in [-0.25, -0.2) is 0 Å². The lowest BCUT2D eigenvalue weighted by Gasteiger charge is -2.60. The van der Waals surface area contributed by atoms with Crippen molar-refractivity contribution in [2.24, 2.45) is 40.4 Å². The Hall–Kier alpha value is -0.0400. The van der Waals surface area contributed by atoms with E-state index in [0.717, 1.165) is 41.6 Å². The molecule has 0 aromatic carbocycles. The minimum absolute atomic E-state index is 0.664. The molecule has 126 valence electrons. The first-order valence-corrected chi connectivity index (χ1v) is 10.1. The maximum atomic E-state index is 5.47. The van der Waals surface area contributed by atoms with Crippen LogP contribution in [0.25, 0.3) is 0 Å². The number of rotatable bonds is 2. The van der Waals surface area contributed by atoms with Crippen molar-refractivity contribution in [1.29, 1.82) is 0 Å². The Bertz CT molecular complexity index is 418. The molecule has 7 atom stereocenters. The summed E-state index contributed by atoms with van der Waals surface area (Å²) in [5, 5.41) is 0. The third kappa shape index (κ3) is 2.21. The van der Waals surface area contributed by atoms with E-state index in [4.69, 9.17) is 4.74 Å². The maximum absolute atomic E-state index is 5.47. The van der Waals surface area contributed by atoms with Gasteiger partial charge in [0.1, 0.15) is 0 Å². The summed E-state index contributed by atoms with van der Waals surface area (Å²) in [5.74, 6) is 5.03. The first-order valence-electron chi connectivity index (χ1n) is 10.1. The van der Waals surface area contributed by atoms with Crippen LogP contribution in [0, 0.1) is 40.4 Å². The van der Waals surface area contributed by atoms with Gasteiger partial charge in [0.15, 0.2) is 0 Å². The van der Waals surface area contributed by atoms with Crippen molar-refractivity contribution in [1.82, 2.24) is 0 Å². The van der Waals surface area contributed by atoms with Crippen molar-refractivity contribution >= 4 is 0 Å². The lowest BCUT2D eigenvalue weighted by Crippen LogP contribution is -2.52. The molecule has 0 heterocycles. The molecule has 4 saturated carbocycles. The first kappa shape index (κ1) is 15.5. The normalized spacial score (nSPS) is 54.4. The average Bonchev–Trinajstić information content (AvgIpc) is 2.89. The second-order valence-corrected chi connectivity index (χ2v) is 9.84. The minimum atomic E-state index is 0.664. The van der Waals surface area contributed by atoms with Crippen LogP contribution < -0.4 is 0 Å². The Morgan fingerprint density at radius 2 is 1.77 bits per heavy atom. The molecule has 0 aromatic rings. The monoisotopic (exact) mass is 304 g/mol. The van der Waals surface area contributed by atoms with E-state index in [9.17, 15) is 0 Å². The highest BCUT2D eigenvalue weighted by atomic mass is 16.5. The number of ether oxygens (including phenoxy) is 1. The zero-order valence-electron chi connectivity index (χ0n) is 15.1. The summed E-state index contributed by atoms with van der Waals surface area (Å²) in [6.07, 6.45) is 15.1. The van der Waals surface area contributed by atoms with Gasteiger partial charge in [0, 0.05) is 13.7 Å². The minimum Gasteiger partial charge on any atom is -0.384 e. The average molecular weight is 305 g/mol. The Morgan fingerprint density at radius 1 is 0.909 bits per heavy atom. The molecule has 4 fully saturated rings. The smallest absolute Gasteiger partial charge is 0.0490 e. The van der Waals surface area contributed by atoms with E-state index in [1.807, 2.05) is 7.11 Å². The zero-order valence-corrected chi connectivity index (χ0v) is 15.1. The molecule has 0 amide bonds. The van der Waals surface area contributed by atoms with Crippen molar-refractivity contribution in [2.45, 2.75) is 78.1 Å². The van der Waals surface area contributed by atoms with Gasteiger partial charge in [-0.05, 0) is 98.2 Å². The number of fused-ring (bicyclic) bond motifs is 5. The van der Waals surface area contributed by atoms with Crippen LogP contribution in [0.15, 0.2) is 0 Å². The van der Waals surface area contributed by atoms with Gasteiger partial charge in [-0.2, -0.15) is 0 Å². The van der Waals surface area contributed by atoms with E-state index in [2.05, 4.69) is 13.8 Å². The highest BCUT2D eigenvalue weighted by Gasteiger charge is 2.57. The van der Waals surface area contributed by atoms with Crippen molar-refractivity contribution < 1.29 is 4.74 Å². The molecule has 0 bridgehead atoms. The summed E-state index contributed by atoms with van der Waals surface area (Å²) in [4.78, 5) is 0. The van der Waals surface area contributed by atoms with Crippen molar-refractivity contribution in [3.05, 3.63) is 0 Å². The van der Waals surface area contributed by atoms with Gasteiger partial charge in [-0.15, -0.1) is 0 Å². The lowest BCUT2D eigenvalue weighted by molar-refractivity contribution is -0.115. The molecule has 0 saturated heterocycles. The quantitative estimate of drug-likeness (QED) is 0.637. The van der Waals surface area contributed by atoms with Gasteiger partial charge in [0.25, 0.3) is 0 Å². The summed E-state index contributed by atoms with van der Waals surface area (Å²) in [5.41, 5.74) is 1.38. The molecule has 0 N–H and O–H groups in total. The van der Waals surface area contributed by atoms with Gasteiger partial charge >= 0.3 is 0 Å². The second-order valence-electron chi connectivity index (χ2n) is 9.84.